The second-order valence-electron chi connectivity index (χ2n) is 18.2. The van der Waals surface area contributed by atoms with E-state index in [2.05, 4.69) is 294 Å². The molecule has 3 aromatic heterocycles. The van der Waals surface area contributed by atoms with Crippen LogP contribution in [0.15, 0.2) is 285 Å². The Morgan fingerprint density at radius 2 is 0.606 bits per heavy atom. The molecule has 3 heterocycles. The maximum atomic E-state index is 8.74. The Labute approximate surface area is 415 Å². The summed E-state index contributed by atoms with van der Waals surface area (Å²) in [6, 6.07) is 103. The van der Waals surface area contributed by atoms with Gasteiger partial charge in [-0.2, -0.15) is 0 Å². The highest BCUT2D eigenvalue weighted by atomic mass is 28.4. The molecule has 10 aromatic carbocycles. The summed E-state index contributed by atoms with van der Waals surface area (Å²) in [5, 5.41) is 11.8. The van der Waals surface area contributed by atoms with Crippen LogP contribution in [0.5, 0.6) is 0 Å². The Bertz CT molecular complexity index is 3650. The summed E-state index contributed by atoms with van der Waals surface area (Å²) in [6.45, 7) is 0. The third-order valence-corrected chi connectivity index (χ3v) is 23.5. The molecule has 0 radical (unpaired) electrons. The predicted molar refractivity (Wildman–Crippen MR) is 301 cm³/mol. The van der Waals surface area contributed by atoms with E-state index in [1.807, 2.05) is 0 Å². The van der Waals surface area contributed by atoms with Crippen molar-refractivity contribution >= 4 is 91.4 Å². The van der Waals surface area contributed by atoms with E-state index in [0.717, 1.165) is 50.0 Å². The van der Waals surface area contributed by atoms with Gasteiger partial charge in [0.15, 0.2) is 0 Å². The molecule has 0 amide bonds. The van der Waals surface area contributed by atoms with Crippen molar-refractivity contribution in [2.75, 3.05) is 0 Å². The van der Waals surface area contributed by atoms with E-state index in [4.69, 9.17) is 9.10 Å². The summed E-state index contributed by atoms with van der Waals surface area (Å²) in [4.78, 5) is 5.74. The zero-order valence-corrected chi connectivity index (χ0v) is 40.9. The van der Waals surface area contributed by atoms with E-state index in [-0.39, 0.29) is 0 Å². The first kappa shape index (κ1) is 42.4. The van der Waals surface area contributed by atoms with Crippen LogP contribution in [-0.2, 0) is 4.12 Å². The van der Waals surface area contributed by atoms with E-state index in [1.165, 1.54) is 47.5 Å². The molecule has 71 heavy (non-hydrogen) atoms. The lowest BCUT2D eigenvalue weighted by Crippen LogP contribution is -2.81. The van der Waals surface area contributed by atoms with Crippen LogP contribution in [0.2, 0.25) is 0 Å². The fourth-order valence-corrected chi connectivity index (χ4v) is 21.8. The van der Waals surface area contributed by atoms with Crippen molar-refractivity contribution in [1.82, 2.24) is 14.1 Å². The summed E-state index contributed by atoms with van der Waals surface area (Å²) in [7, 11) is -6.89. The molecule has 336 valence electrons. The second kappa shape index (κ2) is 17.7. The fourth-order valence-electron chi connectivity index (χ4n) is 11.1. The van der Waals surface area contributed by atoms with Gasteiger partial charge in [-0.05, 0) is 61.5 Å². The minimum atomic E-state index is -3.53. The van der Waals surface area contributed by atoms with Gasteiger partial charge in [-0.15, -0.1) is 0 Å². The number of hydrogen-bond acceptors (Lipinski definition) is 2. The highest BCUT2D eigenvalue weighted by molar-refractivity contribution is 7.18. The largest absolute Gasteiger partial charge is 0.435 e. The van der Waals surface area contributed by atoms with Crippen LogP contribution in [0, 0.1) is 0 Å². The summed E-state index contributed by atoms with van der Waals surface area (Å²) < 4.78 is 13.5. The molecule has 13 rings (SSSR count). The molecule has 0 atom stereocenters. The van der Waals surface area contributed by atoms with Crippen LogP contribution >= 0.6 is 0 Å². The standard InChI is InChI=1S/C65H47N3OSi2/c1-6-26-50(27-7-1)70(51-28-8-2-9-29-51,52-30-10-3-11-31-52)69-71(53-32-12-4-13-33-53,54-34-14-5-15-35-54)55-36-24-25-48(45-55)60-46-49(67-61-41-20-16-37-56(61)57-38-17-21-42-62(57)67)47-65(66-60)68-63-43-22-18-39-58(63)59-40-19-23-44-64(59)68/h1-47H. The van der Waals surface area contributed by atoms with Crippen LogP contribution in [0.25, 0.3) is 66.4 Å². The SMILES string of the molecule is c1ccc([Si](O[Si](c2ccccc2)(c2ccccc2)c2cccc(-c3cc(-n4c5ccccc5c5ccccc54)cc(-n4c5ccccc5c5ccccc54)n3)c2)(c2ccccc2)c2ccccc2)cc1. The van der Waals surface area contributed by atoms with Crippen molar-refractivity contribution in [3.8, 4) is 22.8 Å². The number of fused-ring (bicyclic) bond motifs is 6. The van der Waals surface area contributed by atoms with E-state index in [0.29, 0.717) is 0 Å². The number of nitrogens with zero attached hydrogens (tertiary/aromatic N) is 3. The number of para-hydroxylation sites is 4. The molecule has 0 aliphatic heterocycles. The molecule has 0 aliphatic carbocycles. The second-order valence-corrected chi connectivity index (χ2v) is 25.2. The molecular formula is C65H47N3OSi2. The quantitative estimate of drug-likeness (QED) is 0.0956. The number of rotatable bonds is 11. The van der Waals surface area contributed by atoms with Crippen LogP contribution in [-0.4, -0.2) is 30.8 Å². The summed E-state index contributed by atoms with van der Waals surface area (Å²) in [5.74, 6) is 0.844. The first-order valence-electron chi connectivity index (χ1n) is 24.3. The third-order valence-electron chi connectivity index (χ3n) is 14.2. The molecule has 0 aliphatic rings. The Morgan fingerprint density at radius 3 is 1.00 bits per heavy atom. The number of pyridine rings is 1. The van der Waals surface area contributed by atoms with Crippen molar-refractivity contribution in [3.63, 3.8) is 0 Å². The van der Waals surface area contributed by atoms with E-state index in [9.17, 15) is 0 Å². The third kappa shape index (κ3) is 7.03. The first-order chi connectivity index (χ1) is 35.2. The highest BCUT2D eigenvalue weighted by Gasteiger charge is 2.53. The fraction of sp³-hybridized carbons (Fsp3) is 0. The Balaban J connectivity index is 1.11. The maximum absolute atomic E-state index is 8.74. The average molecular weight is 942 g/mol. The molecule has 4 nitrogen and oxygen atoms in total. The van der Waals surface area contributed by atoms with Crippen molar-refractivity contribution in [2.45, 2.75) is 0 Å². The van der Waals surface area contributed by atoms with Crippen molar-refractivity contribution in [3.05, 3.63) is 285 Å². The lowest BCUT2D eigenvalue weighted by atomic mass is 10.1. The van der Waals surface area contributed by atoms with Gasteiger partial charge in [-0.1, -0.05) is 249 Å². The maximum Gasteiger partial charge on any atom is 0.278 e. The van der Waals surface area contributed by atoms with Crippen LogP contribution in [0.4, 0.5) is 0 Å². The van der Waals surface area contributed by atoms with Gasteiger partial charge in [0.25, 0.3) is 16.6 Å². The molecule has 0 unspecified atom stereocenters. The molecule has 13 aromatic rings. The summed E-state index contributed by atoms with van der Waals surface area (Å²) >= 11 is 0. The van der Waals surface area contributed by atoms with E-state index >= 15 is 0 Å². The summed E-state index contributed by atoms with van der Waals surface area (Å²) in [5.41, 5.74) is 7.41. The van der Waals surface area contributed by atoms with Gasteiger partial charge in [0.2, 0.25) is 0 Å². The van der Waals surface area contributed by atoms with Crippen molar-refractivity contribution in [2.24, 2.45) is 0 Å². The van der Waals surface area contributed by atoms with Gasteiger partial charge < -0.3 is 8.68 Å². The van der Waals surface area contributed by atoms with Crippen molar-refractivity contribution < 1.29 is 4.12 Å². The van der Waals surface area contributed by atoms with Crippen molar-refractivity contribution in [1.29, 1.82) is 0 Å². The van der Waals surface area contributed by atoms with Gasteiger partial charge in [0.1, 0.15) is 5.82 Å². The van der Waals surface area contributed by atoms with Gasteiger partial charge in [-0.3, -0.25) is 4.57 Å². The first-order valence-corrected chi connectivity index (χ1v) is 28.1. The number of benzene rings is 10. The zero-order valence-electron chi connectivity index (χ0n) is 38.9. The number of hydrogen-bond donors (Lipinski definition) is 0. The molecule has 0 fully saturated rings. The van der Waals surface area contributed by atoms with Gasteiger partial charge in [0, 0.05) is 33.2 Å². The monoisotopic (exact) mass is 941 g/mol. The average Bonchev–Trinajstić information content (AvgIpc) is 3.98. The summed E-state index contributed by atoms with van der Waals surface area (Å²) in [6.07, 6.45) is 0. The highest BCUT2D eigenvalue weighted by Crippen LogP contribution is 2.37. The number of aromatic nitrogens is 3. The Hall–Kier alpha value is -8.66. The van der Waals surface area contributed by atoms with Crippen LogP contribution < -0.4 is 31.1 Å². The van der Waals surface area contributed by atoms with Crippen LogP contribution in [0.1, 0.15) is 0 Å². The molecule has 6 heteroatoms. The normalized spacial score (nSPS) is 12.0. The minimum Gasteiger partial charge on any atom is -0.435 e. The smallest absolute Gasteiger partial charge is 0.278 e. The van der Waals surface area contributed by atoms with E-state index in [1.54, 1.807) is 0 Å². The zero-order chi connectivity index (χ0) is 47.2. The van der Waals surface area contributed by atoms with E-state index < -0.39 is 16.6 Å². The predicted octanol–water partition coefficient (Wildman–Crippen LogP) is 11.6. The van der Waals surface area contributed by atoms with Gasteiger partial charge in [-0.25, -0.2) is 4.98 Å². The topological polar surface area (TPSA) is 32.0 Å². The Kier molecular flexibility index (Phi) is 10.6. The van der Waals surface area contributed by atoms with Gasteiger partial charge in [0.05, 0.1) is 33.4 Å². The lowest BCUT2D eigenvalue weighted by Gasteiger charge is -2.44. The molecular weight excluding hydrogens is 895 g/mol. The minimum absolute atomic E-state index is 0.844. The molecule has 0 saturated heterocycles. The van der Waals surface area contributed by atoms with Gasteiger partial charge >= 0.3 is 0 Å². The lowest BCUT2D eigenvalue weighted by molar-refractivity contribution is 0.600. The van der Waals surface area contributed by atoms with Crippen LogP contribution in [0.3, 0.4) is 0 Å². The molecule has 0 spiro atoms. The molecule has 0 N–H and O–H groups in total. The molecule has 0 saturated carbocycles. The molecule has 0 bridgehead atoms. The Morgan fingerprint density at radius 1 is 0.282 bits per heavy atom.